The molecule has 1 aromatic rings. The summed E-state index contributed by atoms with van der Waals surface area (Å²) in [7, 11) is 1.71. The number of hydrogen-bond donors (Lipinski definition) is 1. The topological polar surface area (TPSA) is 21.3 Å². The lowest BCUT2D eigenvalue weighted by Gasteiger charge is -2.17. The van der Waals surface area contributed by atoms with Gasteiger partial charge in [-0.05, 0) is 61.4 Å². The van der Waals surface area contributed by atoms with E-state index in [1.54, 1.807) is 7.11 Å². The summed E-state index contributed by atoms with van der Waals surface area (Å²) in [5.74, 6) is 4.50. The fourth-order valence-corrected chi connectivity index (χ4v) is 3.58. The Morgan fingerprint density at radius 3 is 2.78 bits per heavy atom. The van der Waals surface area contributed by atoms with Gasteiger partial charge in [-0.1, -0.05) is 12.1 Å². The van der Waals surface area contributed by atoms with Crippen molar-refractivity contribution in [3.05, 3.63) is 29.8 Å². The van der Waals surface area contributed by atoms with Crippen LogP contribution in [0.25, 0.3) is 0 Å². The summed E-state index contributed by atoms with van der Waals surface area (Å²) >= 11 is 2.09. The number of benzene rings is 1. The van der Waals surface area contributed by atoms with Crippen LogP contribution < -0.4 is 10.1 Å². The molecule has 2 nitrogen and oxygen atoms in total. The number of nitrogens with one attached hydrogen (secondary N) is 1. The van der Waals surface area contributed by atoms with Crippen molar-refractivity contribution >= 4 is 11.8 Å². The summed E-state index contributed by atoms with van der Waals surface area (Å²) in [6.45, 7) is 3.44. The Morgan fingerprint density at radius 2 is 2.17 bits per heavy atom. The molecule has 2 rings (SSSR count). The van der Waals surface area contributed by atoms with E-state index in [-0.39, 0.29) is 0 Å². The highest BCUT2D eigenvalue weighted by atomic mass is 32.2. The highest BCUT2D eigenvalue weighted by molar-refractivity contribution is 7.99. The Labute approximate surface area is 114 Å². The van der Waals surface area contributed by atoms with Crippen molar-refractivity contribution in [3.8, 4) is 5.75 Å². The summed E-state index contributed by atoms with van der Waals surface area (Å²) in [4.78, 5) is 0. The molecule has 1 aliphatic heterocycles. The van der Waals surface area contributed by atoms with Crippen molar-refractivity contribution < 1.29 is 4.74 Å². The maximum Gasteiger partial charge on any atom is 0.118 e. The molecular weight excluding hydrogens is 242 g/mol. The quantitative estimate of drug-likeness (QED) is 0.854. The van der Waals surface area contributed by atoms with Crippen LogP contribution in [-0.2, 0) is 6.42 Å². The zero-order valence-electron chi connectivity index (χ0n) is 11.3. The molecule has 2 atom stereocenters. The summed E-state index contributed by atoms with van der Waals surface area (Å²) in [6.07, 6.45) is 2.47. The van der Waals surface area contributed by atoms with Crippen LogP contribution in [-0.4, -0.2) is 31.2 Å². The number of hydrogen-bond acceptors (Lipinski definition) is 3. The van der Waals surface area contributed by atoms with Crippen molar-refractivity contribution in [1.29, 1.82) is 0 Å². The molecule has 1 N–H and O–H groups in total. The second kappa shape index (κ2) is 7.05. The zero-order valence-corrected chi connectivity index (χ0v) is 12.1. The molecule has 1 saturated heterocycles. The molecule has 0 amide bonds. The summed E-state index contributed by atoms with van der Waals surface area (Å²) in [6, 6.07) is 8.93. The maximum atomic E-state index is 5.17. The monoisotopic (exact) mass is 265 g/mol. The molecule has 1 fully saturated rings. The second-order valence-electron chi connectivity index (χ2n) is 5.09. The van der Waals surface area contributed by atoms with Gasteiger partial charge < -0.3 is 10.1 Å². The van der Waals surface area contributed by atoms with E-state index in [0.717, 1.165) is 18.1 Å². The van der Waals surface area contributed by atoms with Gasteiger partial charge in [0, 0.05) is 6.04 Å². The first-order chi connectivity index (χ1) is 8.78. The number of rotatable bonds is 6. The molecular formula is C15H23NOS. The predicted octanol–water partition coefficient (Wildman–Crippen LogP) is 2.97. The molecule has 18 heavy (non-hydrogen) atoms. The van der Waals surface area contributed by atoms with Gasteiger partial charge in [-0.25, -0.2) is 0 Å². The molecule has 0 bridgehead atoms. The lowest BCUT2D eigenvalue weighted by atomic mass is 10.1. The van der Waals surface area contributed by atoms with E-state index < -0.39 is 0 Å². The van der Waals surface area contributed by atoms with Gasteiger partial charge in [0.2, 0.25) is 0 Å². The van der Waals surface area contributed by atoms with Crippen LogP contribution in [0.15, 0.2) is 24.3 Å². The van der Waals surface area contributed by atoms with Crippen molar-refractivity contribution in [1.82, 2.24) is 5.32 Å². The van der Waals surface area contributed by atoms with E-state index >= 15 is 0 Å². The second-order valence-corrected chi connectivity index (χ2v) is 6.24. The van der Waals surface area contributed by atoms with E-state index in [4.69, 9.17) is 4.74 Å². The van der Waals surface area contributed by atoms with E-state index in [1.165, 1.54) is 30.0 Å². The Kier molecular flexibility index (Phi) is 5.39. The third-order valence-electron chi connectivity index (χ3n) is 3.48. The lowest BCUT2D eigenvalue weighted by molar-refractivity contribution is 0.414. The van der Waals surface area contributed by atoms with Crippen LogP contribution in [0.3, 0.4) is 0 Å². The first-order valence-corrected chi connectivity index (χ1v) is 7.87. The van der Waals surface area contributed by atoms with Crippen molar-refractivity contribution in [2.75, 3.05) is 25.2 Å². The van der Waals surface area contributed by atoms with Crippen molar-refractivity contribution in [3.63, 3.8) is 0 Å². The van der Waals surface area contributed by atoms with Crippen molar-refractivity contribution in [2.24, 2.45) is 5.92 Å². The van der Waals surface area contributed by atoms with Gasteiger partial charge in [0.25, 0.3) is 0 Å². The minimum Gasteiger partial charge on any atom is -0.497 e. The largest absolute Gasteiger partial charge is 0.497 e. The SMILES string of the molecule is COc1ccc(CC(C)NCC2CCSC2)cc1. The zero-order chi connectivity index (χ0) is 12.8. The number of thioether (sulfide) groups is 1. The Balaban J connectivity index is 1.73. The molecule has 0 radical (unpaired) electrons. The number of ether oxygens (including phenoxy) is 1. The molecule has 0 saturated carbocycles. The van der Waals surface area contributed by atoms with E-state index in [1.807, 2.05) is 12.1 Å². The van der Waals surface area contributed by atoms with Crippen LogP contribution in [0, 0.1) is 5.92 Å². The maximum absolute atomic E-state index is 5.17. The normalized spacial score (nSPS) is 20.9. The first-order valence-electron chi connectivity index (χ1n) is 6.72. The number of methoxy groups -OCH3 is 1. The van der Waals surface area contributed by atoms with Gasteiger partial charge in [0.15, 0.2) is 0 Å². The van der Waals surface area contributed by atoms with Crippen LogP contribution >= 0.6 is 11.8 Å². The molecule has 0 spiro atoms. The molecule has 100 valence electrons. The van der Waals surface area contributed by atoms with Gasteiger partial charge in [-0.2, -0.15) is 11.8 Å². The fraction of sp³-hybridized carbons (Fsp3) is 0.600. The third-order valence-corrected chi connectivity index (χ3v) is 4.71. The summed E-state index contributed by atoms with van der Waals surface area (Å²) in [5, 5.41) is 3.66. The average molecular weight is 265 g/mol. The summed E-state index contributed by atoms with van der Waals surface area (Å²) in [5.41, 5.74) is 1.37. The van der Waals surface area contributed by atoms with E-state index in [9.17, 15) is 0 Å². The standard InChI is InChI=1S/C15H23NOS/c1-12(16-10-14-7-8-18-11-14)9-13-3-5-15(17-2)6-4-13/h3-6,12,14,16H,7-11H2,1-2H3. The molecule has 1 aromatic carbocycles. The van der Waals surface area contributed by atoms with E-state index in [2.05, 4.69) is 36.1 Å². The van der Waals surface area contributed by atoms with Crippen LogP contribution in [0.1, 0.15) is 18.9 Å². The molecule has 1 heterocycles. The van der Waals surface area contributed by atoms with Crippen LogP contribution in [0.4, 0.5) is 0 Å². The highest BCUT2D eigenvalue weighted by Gasteiger charge is 2.15. The fourth-order valence-electron chi connectivity index (χ4n) is 2.30. The lowest BCUT2D eigenvalue weighted by Crippen LogP contribution is -2.32. The minimum absolute atomic E-state index is 0.545. The van der Waals surface area contributed by atoms with Gasteiger partial charge in [-0.3, -0.25) is 0 Å². The van der Waals surface area contributed by atoms with Crippen molar-refractivity contribution in [2.45, 2.75) is 25.8 Å². The van der Waals surface area contributed by atoms with Crippen LogP contribution in [0.2, 0.25) is 0 Å². The Morgan fingerprint density at radius 1 is 1.39 bits per heavy atom. The summed E-state index contributed by atoms with van der Waals surface area (Å²) < 4.78 is 5.17. The molecule has 2 unspecified atom stereocenters. The molecule has 3 heteroatoms. The van der Waals surface area contributed by atoms with Crippen LogP contribution in [0.5, 0.6) is 5.75 Å². The smallest absolute Gasteiger partial charge is 0.118 e. The molecule has 0 aliphatic carbocycles. The minimum atomic E-state index is 0.545. The molecule has 0 aromatic heterocycles. The van der Waals surface area contributed by atoms with Gasteiger partial charge in [0.05, 0.1) is 7.11 Å². The molecule has 1 aliphatic rings. The Hall–Kier alpha value is -0.670. The van der Waals surface area contributed by atoms with Gasteiger partial charge in [0.1, 0.15) is 5.75 Å². The average Bonchev–Trinajstić information content (AvgIpc) is 2.90. The third kappa shape index (κ3) is 4.21. The first kappa shape index (κ1) is 13.8. The van der Waals surface area contributed by atoms with Gasteiger partial charge >= 0.3 is 0 Å². The van der Waals surface area contributed by atoms with Gasteiger partial charge in [-0.15, -0.1) is 0 Å². The Bertz CT molecular complexity index is 346. The van der Waals surface area contributed by atoms with E-state index in [0.29, 0.717) is 6.04 Å². The predicted molar refractivity (Wildman–Crippen MR) is 79.6 cm³/mol. The highest BCUT2D eigenvalue weighted by Crippen LogP contribution is 2.22.